The van der Waals surface area contributed by atoms with E-state index in [1.54, 1.807) is 7.11 Å². The van der Waals surface area contributed by atoms with Gasteiger partial charge in [-0.05, 0) is 30.0 Å². The summed E-state index contributed by atoms with van der Waals surface area (Å²) in [6.45, 7) is 4.32. The van der Waals surface area contributed by atoms with E-state index in [0.717, 1.165) is 28.9 Å². The topological polar surface area (TPSA) is 70.1 Å². The molecule has 30 heavy (non-hydrogen) atoms. The molecule has 3 rings (SSSR count). The van der Waals surface area contributed by atoms with Crippen LogP contribution >= 0.6 is 0 Å². The van der Waals surface area contributed by atoms with E-state index in [-0.39, 0.29) is 18.4 Å². The Morgan fingerprint density at radius 2 is 1.80 bits per heavy atom. The summed E-state index contributed by atoms with van der Waals surface area (Å²) >= 11 is 0. The molecule has 0 aliphatic carbocycles. The number of carboxylic acids is 1. The minimum atomic E-state index is -0.862. The van der Waals surface area contributed by atoms with E-state index in [0.29, 0.717) is 32.6 Å². The van der Waals surface area contributed by atoms with Crippen LogP contribution in [-0.4, -0.2) is 66.6 Å². The maximum absolute atomic E-state index is 13.3. The van der Waals surface area contributed by atoms with Crippen LogP contribution in [0, 0.1) is 5.92 Å². The lowest BCUT2D eigenvalue weighted by Gasteiger charge is -2.24. The normalized spacial score (nSPS) is 17.6. The zero-order chi connectivity index (χ0) is 21.5. The van der Waals surface area contributed by atoms with Gasteiger partial charge < -0.3 is 14.7 Å². The molecule has 0 spiro atoms. The van der Waals surface area contributed by atoms with Crippen LogP contribution in [0.1, 0.15) is 18.9 Å². The summed E-state index contributed by atoms with van der Waals surface area (Å²) < 4.78 is 5.55. The second-order valence-corrected chi connectivity index (χ2v) is 7.71. The van der Waals surface area contributed by atoms with Crippen molar-refractivity contribution in [2.45, 2.75) is 19.8 Å². The first-order valence-electron chi connectivity index (χ1n) is 10.5. The molecule has 0 saturated carbocycles. The van der Waals surface area contributed by atoms with Crippen LogP contribution < -0.4 is 4.74 Å². The van der Waals surface area contributed by atoms with Gasteiger partial charge in [0.15, 0.2) is 0 Å². The number of benzene rings is 2. The number of carbonyl (C=O) groups is 2. The molecule has 1 amide bonds. The highest BCUT2D eigenvalue weighted by molar-refractivity contribution is 5.81. The molecule has 2 aromatic carbocycles. The largest absolute Gasteiger partial charge is 0.496 e. The summed E-state index contributed by atoms with van der Waals surface area (Å²) in [4.78, 5) is 28.3. The number of hydrogen-bond acceptors (Lipinski definition) is 4. The maximum atomic E-state index is 13.3. The molecule has 0 radical (unpaired) electrons. The average molecular weight is 411 g/mol. The van der Waals surface area contributed by atoms with E-state index in [9.17, 15) is 14.7 Å². The molecular formula is C24H30N2O4. The number of hydrogen-bond donors (Lipinski definition) is 1. The number of carbonyl (C=O) groups excluding carboxylic acids is 1. The van der Waals surface area contributed by atoms with Gasteiger partial charge in [0.25, 0.3) is 0 Å². The highest BCUT2D eigenvalue weighted by Crippen LogP contribution is 2.33. The fraction of sp³-hybridized carbons (Fsp3) is 0.417. The molecule has 1 aliphatic heterocycles. The molecule has 6 nitrogen and oxygen atoms in total. The fourth-order valence-corrected chi connectivity index (χ4v) is 4.18. The van der Waals surface area contributed by atoms with Gasteiger partial charge in [0, 0.05) is 31.7 Å². The summed E-state index contributed by atoms with van der Waals surface area (Å²) in [5.41, 5.74) is 3.09. The third-order valence-corrected chi connectivity index (χ3v) is 5.56. The van der Waals surface area contributed by atoms with Gasteiger partial charge in [0.1, 0.15) is 5.75 Å². The number of carboxylic acid groups (broad SMARTS) is 1. The third-order valence-electron chi connectivity index (χ3n) is 5.56. The standard InChI is InChI=1S/C24H30N2O4/c1-3-12-26-14-13-25(17-23(27)28)16-19(24(26)29)15-18-8-4-5-9-20(18)21-10-6-7-11-22(21)30-2/h4-11,19H,3,12-17H2,1-2H3,(H,27,28)/t19-/m1/s1. The Balaban J connectivity index is 1.92. The molecule has 1 saturated heterocycles. The molecule has 160 valence electrons. The van der Waals surface area contributed by atoms with Crippen molar-refractivity contribution in [3.63, 3.8) is 0 Å². The SMILES string of the molecule is CCCN1CCN(CC(=O)O)C[C@@H](Cc2ccccc2-c2ccccc2OC)C1=O. The second kappa shape index (κ2) is 10.3. The van der Waals surface area contributed by atoms with Crippen molar-refractivity contribution >= 4 is 11.9 Å². The van der Waals surface area contributed by atoms with E-state index >= 15 is 0 Å². The Morgan fingerprint density at radius 1 is 1.10 bits per heavy atom. The number of amides is 1. The first kappa shape index (κ1) is 21.8. The number of nitrogens with zero attached hydrogens (tertiary/aromatic N) is 2. The van der Waals surface area contributed by atoms with Crippen molar-refractivity contribution in [1.29, 1.82) is 0 Å². The predicted octanol–water partition coefficient (Wildman–Crippen LogP) is 3.16. The molecule has 1 fully saturated rings. The Bertz CT molecular complexity index is 883. The van der Waals surface area contributed by atoms with Crippen LogP contribution in [0.2, 0.25) is 0 Å². The minimum Gasteiger partial charge on any atom is -0.496 e. The number of rotatable bonds is 8. The van der Waals surface area contributed by atoms with Crippen molar-refractivity contribution in [3.05, 3.63) is 54.1 Å². The molecule has 1 atom stereocenters. The molecule has 0 aromatic heterocycles. The van der Waals surface area contributed by atoms with Gasteiger partial charge in [-0.25, -0.2) is 0 Å². The van der Waals surface area contributed by atoms with Crippen LogP contribution in [0.3, 0.4) is 0 Å². The number of methoxy groups -OCH3 is 1. The monoisotopic (exact) mass is 410 g/mol. The van der Waals surface area contributed by atoms with Crippen molar-refractivity contribution in [3.8, 4) is 16.9 Å². The van der Waals surface area contributed by atoms with Gasteiger partial charge in [-0.1, -0.05) is 49.4 Å². The van der Waals surface area contributed by atoms with Gasteiger partial charge in [0.05, 0.1) is 19.6 Å². The zero-order valence-electron chi connectivity index (χ0n) is 17.7. The molecule has 2 aromatic rings. The van der Waals surface area contributed by atoms with Crippen molar-refractivity contribution in [2.24, 2.45) is 5.92 Å². The Labute approximate surface area is 178 Å². The number of ether oxygens (including phenoxy) is 1. The van der Waals surface area contributed by atoms with Crippen molar-refractivity contribution < 1.29 is 19.4 Å². The highest BCUT2D eigenvalue weighted by Gasteiger charge is 2.31. The third kappa shape index (κ3) is 5.19. The quantitative estimate of drug-likeness (QED) is 0.724. The van der Waals surface area contributed by atoms with E-state index in [2.05, 4.69) is 6.92 Å². The van der Waals surface area contributed by atoms with Gasteiger partial charge in [-0.3, -0.25) is 14.5 Å². The van der Waals surface area contributed by atoms with Crippen molar-refractivity contribution in [2.75, 3.05) is 39.8 Å². The molecule has 1 N–H and O–H groups in total. The maximum Gasteiger partial charge on any atom is 0.317 e. The predicted molar refractivity (Wildman–Crippen MR) is 117 cm³/mol. The van der Waals surface area contributed by atoms with E-state index in [1.807, 2.05) is 58.3 Å². The second-order valence-electron chi connectivity index (χ2n) is 7.71. The smallest absolute Gasteiger partial charge is 0.317 e. The van der Waals surface area contributed by atoms with Crippen molar-refractivity contribution in [1.82, 2.24) is 9.80 Å². The number of aliphatic carboxylic acids is 1. The van der Waals surface area contributed by atoms with E-state index in [4.69, 9.17) is 4.74 Å². The summed E-state index contributed by atoms with van der Waals surface area (Å²) in [6, 6.07) is 15.9. The lowest BCUT2D eigenvalue weighted by molar-refractivity contribution is -0.139. The van der Waals surface area contributed by atoms with Crippen LogP contribution in [0.25, 0.3) is 11.1 Å². The minimum absolute atomic E-state index is 0.0438. The zero-order valence-corrected chi connectivity index (χ0v) is 17.7. The fourth-order valence-electron chi connectivity index (χ4n) is 4.18. The number of para-hydroxylation sites is 1. The molecule has 0 bridgehead atoms. The first-order chi connectivity index (χ1) is 14.5. The Morgan fingerprint density at radius 3 is 2.50 bits per heavy atom. The summed E-state index contributed by atoms with van der Waals surface area (Å²) in [5, 5.41) is 9.27. The van der Waals surface area contributed by atoms with Crippen LogP contribution in [-0.2, 0) is 16.0 Å². The van der Waals surface area contributed by atoms with Gasteiger partial charge in [-0.2, -0.15) is 0 Å². The Hall–Kier alpha value is -2.86. The van der Waals surface area contributed by atoms with E-state index in [1.165, 1.54) is 0 Å². The van der Waals surface area contributed by atoms with Crippen LogP contribution in [0.15, 0.2) is 48.5 Å². The van der Waals surface area contributed by atoms with Gasteiger partial charge in [-0.15, -0.1) is 0 Å². The summed E-state index contributed by atoms with van der Waals surface area (Å²) in [6.07, 6.45) is 1.44. The van der Waals surface area contributed by atoms with Crippen LogP contribution in [0.5, 0.6) is 5.75 Å². The first-order valence-corrected chi connectivity index (χ1v) is 10.5. The lowest BCUT2D eigenvalue weighted by atomic mass is 9.91. The highest BCUT2D eigenvalue weighted by atomic mass is 16.5. The molecule has 1 heterocycles. The molecule has 0 unspecified atom stereocenters. The summed E-state index contributed by atoms with van der Waals surface area (Å²) in [5.74, 6) is -0.245. The van der Waals surface area contributed by atoms with Gasteiger partial charge >= 0.3 is 5.97 Å². The molecular weight excluding hydrogens is 380 g/mol. The lowest BCUT2D eigenvalue weighted by Crippen LogP contribution is -2.38. The molecule has 1 aliphatic rings. The molecule has 6 heteroatoms. The van der Waals surface area contributed by atoms with Crippen LogP contribution in [0.4, 0.5) is 0 Å². The Kier molecular flexibility index (Phi) is 7.46. The van der Waals surface area contributed by atoms with Gasteiger partial charge in [0.2, 0.25) is 5.91 Å². The van der Waals surface area contributed by atoms with E-state index < -0.39 is 5.97 Å². The average Bonchev–Trinajstić information content (AvgIpc) is 2.88. The summed E-state index contributed by atoms with van der Waals surface area (Å²) in [7, 11) is 1.66.